The summed E-state index contributed by atoms with van der Waals surface area (Å²) in [5, 5.41) is 0.741. The molecule has 4 nitrogen and oxygen atoms in total. The van der Waals surface area contributed by atoms with E-state index in [9.17, 15) is 0 Å². The Hall–Kier alpha value is -1.10. The van der Waals surface area contributed by atoms with Crippen LogP contribution in [0.4, 0.5) is 0 Å². The number of nitrogens with zero attached hydrogens (tertiary/aromatic N) is 3. The Morgan fingerprint density at radius 3 is 2.84 bits per heavy atom. The van der Waals surface area contributed by atoms with Gasteiger partial charge >= 0.3 is 0 Å². The second-order valence-corrected chi connectivity index (χ2v) is 5.33. The number of aryl methyl sites for hydroxylation is 1. The summed E-state index contributed by atoms with van der Waals surface area (Å²) in [4.78, 5) is 7.01. The normalized spacial score (nSPS) is 17.2. The number of hydrogen-bond acceptors (Lipinski definition) is 3. The average Bonchev–Trinajstić information content (AvgIpc) is 2.72. The van der Waals surface area contributed by atoms with E-state index in [0.29, 0.717) is 0 Å². The Balaban J connectivity index is 1.78. The van der Waals surface area contributed by atoms with Gasteiger partial charge in [-0.15, -0.1) is 0 Å². The van der Waals surface area contributed by atoms with Gasteiger partial charge in [-0.25, -0.2) is 4.98 Å². The van der Waals surface area contributed by atoms with Crippen molar-refractivity contribution in [2.24, 2.45) is 0 Å². The molecule has 2 heterocycles. The van der Waals surface area contributed by atoms with Gasteiger partial charge in [-0.3, -0.25) is 4.90 Å². The van der Waals surface area contributed by atoms with E-state index in [-0.39, 0.29) is 0 Å². The van der Waals surface area contributed by atoms with E-state index in [0.717, 1.165) is 61.3 Å². The molecular formula is C14H18ClN3O. The van der Waals surface area contributed by atoms with Crippen molar-refractivity contribution in [2.45, 2.75) is 13.5 Å². The average molecular weight is 280 g/mol. The zero-order valence-corrected chi connectivity index (χ0v) is 11.9. The number of hydrogen-bond donors (Lipinski definition) is 0. The van der Waals surface area contributed by atoms with E-state index < -0.39 is 0 Å². The van der Waals surface area contributed by atoms with Crippen LogP contribution in [0.3, 0.4) is 0 Å². The van der Waals surface area contributed by atoms with E-state index in [1.165, 1.54) is 0 Å². The number of fused-ring (bicyclic) bond motifs is 1. The van der Waals surface area contributed by atoms with Crippen molar-refractivity contribution in [1.82, 2.24) is 14.5 Å². The van der Waals surface area contributed by atoms with Gasteiger partial charge in [0.15, 0.2) is 0 Å². The second kappa shape index (κ2) is 5.49. The predicted octanol–water partition coefficient (Wildman–Crippen LogP) is 2.33. The number of benzene rings is 1. The summed E-state index contributed by atoms with van der Waals surface area (Å²) in [6.45, 7) is 7.79. The first-order valence-electron chi connectivity index (χ1n) is 6.66. The molecule has 0 saturated carbocycles. The summed E-state index contributed by atoms with van der Waals surface area (Å²) in [5.41, 5.74) is 2.14. The van der Waals surface area contributed by atoms with E-state index in [2.05, 4.69) is 20.5 Å². The van der Waals surface area contributed by atoms with Gasteiger partial charge in [-0.1, -0.05) is 11.6 Å². The first kappa shape index (κ1) is 12.9. The maximum atomic E-state index is 6.01. The molecule has 1 aliphatic rings. The van der Waals surface area contributed by atoms with Crippen molar-refractivity contribution >= 4 is 22.6 Å². The van der Waals surface area contributed by atoms with Crippen molar-refractivity contribution < 1.29 is 4.74 Å². The summed E-state index contributed by atoms with van der Waals surface area (Å²) in [6, 6.07) is 5.91. The molecule has 0 spiro atoms. The highest BCUT2D eigenvalue weighted by molar-refractivity contribution is 6.31. The molecule has 5 heteroatoms. The highest BCUT2D eigenvalue weighted by atomic mass is 35.5. The molecule has 19 heavy (non-hydrogen) atoms. The molecule has 0 unspecified atom stereocenters. The molecule has 1 fully saturated rings. The van der Waals surface area contributed by atoms with Gasteiger partial charge in [0, 0.05) is 31.2 Å². The SMILES string of the molecule is Cc1nc2cc(Cl)ccc2n1CCN1CCOCC1. The van der Waals surface area contributed by atoms with E-state index >= 15 is 0 Å². The lowest BCUT2D eigenvalue weighted by Crippen LogP contribution is -2.38. The predicted molar refractivity (Wildman–Crippen MR) is 76.7 cm³/mol. The zero-order chi connectivity index (χ0) is 13.2. The van der Waals surface area contributed by atoms with Crippen LogP contribution < -0.4 is 0 Å². The fourth-order valence-corrected chi connectivity index (χ4v) is 2.74. The molecule has 102 valence electrons. The molecule has 0 N–H and O–H groups in total. The van der Waals surface area contributed by atoms with Crippen LogP contribution in [0.5, 0.6) is 0 Å². The smallest absolute Gasteiger partial charge is 0.106 e. The first-order chi connectivity index (χ1) is 9.24. The van der Waals surface area contributed by atoms with Gasteiger partial charge in [0.25, 0.3) is 0 Å². The Kier molecular flexibility index (Phi) is 3.73. The van der Waals surface area contributed by atoms with E-state index in [1.54, 1.807) is 0 Å². The van der Waals surface area contributed by atoms with Gasteiger partial charge in [0.05, 0.1) is 24.2 Å². The fourth-order valence-electron chi connectivity index (χ4n) is 2.57. The monoisotopic (exact) mass is 279 g/mol. The van der Waals surface area contributed by atoms with Crippen molar-refractivity contribution in [1.29, 1.82) is 0 Å². The number of aromatic nitrogens is 2. The van der Waals surface area contributed by atoms with E-state index in [4.69, 9.17) is 16.3 Å². The number of morpholine rings is 1. The van der Waals surface area contributed by atoms with Crippen LogP contribution >= 0.6 is 11.6 Å². The Labute approximate surface area is 117 Å². The molecule has 1 aliphatic heterocycles. The summed E-state index contributed by atoms with van der Waals surface area (Å²) in [6.07, 6.45) is 0. The third-order valence-corrected chi connectivity index (χ3v) is 3.88. The lowest BCUT2D eigenvalue weighted by atomic mass is 10.3. The van der Waals surface area contributed by atoms with Crippen molar-refractivity contribution in [3.63, 3.8) is 0 Å². The summed E-state index contributed by atoms with van der Waals surface area (Å²) in [7, 11) is 0. The van der Waals surface area contributed by atoms with Crippen LogP contribution in [0.15, 0.2) is 18.2 Å². The Morgan fingerprint density at radius 2 is 2.05 bits per heavy atom. The van der Waals surface area contributed by atoms with Gasteiger partial charge in [0.1, 0.15) is 5.82 Å². The van der Waals surface area contributed by atoms with Crippen molar-refractivity contribution in [3.05, 3.63) is 29.0 Å². The van der Waals surface area contributed by atoms with Crippen molar-refractivity contribution in [2.75, 3.05) is 32.8 Å². The van der Waals surface area contributed by atoms with Crippen LogP contribution in [-0.4, -0.2) is 47.3 Å². The minimum Gasteiger partial charge on any atom is -0.379 e. The molecular weight excluding hydrogens is 262 g/mol. The van der Waals surface area contributed by atoms with Crippen LogP contribution in [-0.2, 0) is 11.3 Å². The highest BCUT2D eigenvalue weighted by Gasteiger charge is 2.12. The Morgan fingerprint density at radius 1 is 1.26 bits per heavy atom. The largest absolute Gasteiger partial charge is 0.379 e. The minimum atomic E-state index is 0.741. The molecule has 1 aromatic carbocycles. The third-order valence-electron chi connectivity index (χ3n) is 3.64. The highest BCUT2D eigenvalue weighted by Crippen LogP contribution is 2.20. The number of imidazole rings is 1. The quantitative estimate of drug-likeness (QED) is 0.864. The maximum absolute atomic E-state index is 6.01. The summed E-state index contributed by atoms with van der Waals surface area (Å²) in [5.74, 6) is 1.05. The summed E-state index contributed by atoms with van der Waals surface area (Å²) >= 11 is 6.01. The van der Waals surface area contributed by atoms with Crippen LogP contribution in [0.25, 0.3) is 11.0 Å². The second-order valence-electron chi connectivity index (χ2n) is 4.90. The van der Waals surface area contributed by atoms with Gasteiger partial charge in [-0.2, -0.15) is 0 Å². The minimum absolute atomic E-state index is 0.741. The first-order valence-corrected chi connectivity index (χ1v) is 7.04. The van der Waals surface area contributed by atoms with Crippen LogP contribution in [0, 0.1) is 6.92 Å². The molecule has 0 aliphatic carbocycles. The molecule has 2 aromatic rings. The molecule has 3 rings (SSSR count). The summed E-state index contributed by atoms with van der Waals surface area (Å²) < 4.78 is 7.63. The van der Waals surface area contributed by atoms with Gasteiger partial charge < -0.3 is 9.30 Å². The van der Waals surface area contributed by atoms with Crippen LogP contribution in [0.2, 0.25) is 5.02 Å². The molecule has 0 bridgehead atoms. The molecule has 0 radical (unpaired) electrons. The molecule has 1 aromatic heterocycles. The van der Waals surface area contributed by atoms with Gasteiger partial charge in [-0.05, 0) is 25.1 Å². The van der Waals surface area contributed by atoms with Crippen molar-refractivity contribution in [3.8, 4) is 0 Å². The standard InChI is InChI=1S/C14H18ClN3O/c1-11-16-13-10-12(15)2-3-14(13)18(11)5-4-17-6-8-19-9-7-17/h2-3,10H,4-9H2,1H3. The maximum Gasteiger partial charge on any atom is 0.106 e. The lowest BCUT2D eigenvalue weighted by molar-refractivity contribution is 0.0364. The van der Waals surface area contributed by atoms with Gasteiger partial charge in [0.2, 0.25) is 0 Å². The Bertz CT molecular complexity index is 575. The lowest BCUT2D eigenvalue weighted by Gasteiger charge is -2.26. The molecule has 0 atom stereocenters. The fraction of sp³-hybridized carbons (Fsp3) is 0.500. The number of rotatable bonds is 3. The topological polar surface area (TPSA) is 30.3 Å². The number of halogens is 1. The zero-order valence-electron chi connectivity index (χ0n) is 11.1. The third kappa shape index (κ3) is 2.76. The van der Waals surface area contributed by atoms with E-state index in [1.807, 2.05) is 19.1 Å². The molecule has 0 amide bonds. The molecule has 1 saturated heterocycles. The number of ether oxygens (including phenoxy) is 1. The van der Waals surface area contributed by atoms with Crippen LogP contribution in [0.1, 0.15) is 5.82 Å².